The van der Waals surface area contributed by atoms with Crippen molar-refractivity contribution in [2.45, 2.75) is 9.92 Å². The summed E-state index contributed by atoms with van der Waals surface area (Å²) in [6.07, 6.45) is 2.74. The van der Waals surface area contributed by atoms with Gasteiger partial charge < -0.3 is 0 Å². The molecule has 0 bridgehead atoms. The molecule has 0 fully saturated rings. The maximum absolute atomic E-state index is 12.3. The first kappa shape index (κ1) is 10.8. The Morgan fingerprint density at radius 2 is 1.94 bits per heavy atom. The molecule has 0 spiro atoms. The molecule has 0 aliphatic carbocycles. The van der Waals surface area contributed by atoms with Gasteiger partial charge in [0.1, 0.15) is 0 Å². The molecule has 6 nitrogen and oxygen atoms in total. The third-order valence-corrected chi connectivity index (χ3v) is 4.21. The number of pyridine rings is 1. The highest BCUT2D eigenvalue weighted by molar-refractivity contribution is 7.91. The highest BCUT2D eigenvalue weighted by Gasteiger charge is 2.23. The second-order valence-corrected chi connectivity index (χ2v) is 5.51. The molecule has 0 saturated heterocycles. The lowest BCUT2D eigenvalue weighted by Gasteiger charge is -2.04. The van der Waals surface area contributed by atoms with Crippen molar-refractivity contribution in [2.75, 3.05) is 0 Å². The maximum Gasteiger partial charge on any atom is 0.229 e. The summed E-state index contributed by atoms with van der Waals surface area (Å²) in [7, 11) is -3.69. The fourth-order valence-corrected chi connectivity index (χ4v) is 2.99. The smallest absolute Gasteiger partial charge is 0.229 e. The lowest BCUT2D eigenvalue weighted by Crippen LogP contribution is -2.04. The van der Waals surface area contributed by atoms with E-state index in [1.165, 1.54) is 12.3 Å². The van der Waals surface area contributed by atoms with Crippen LogP contribution in [-0.4, -0.2) is 28.8 Å². The molecule has 0 atom stereocenters. The van der Waals surface area contributed by atoms with E-state index < -0.39 is 9.84 Å². The third kappa shape index (κ3) is 1.56. The average molecular weight is 260 g/mol. The Morgan fingerprint density at radius 1 is 1.11 bits per heavy atom. The lowest BCUT2D eigenvalue weighted by molar-refractivity contribution is 0.592. The molecule has 0 amide bonds. The Hall–Kier alpha value is -2.28. The van der Waals surface area contributed by atoms with Gasteiger partial charge in [-0.1, -0.05) is 18.2 Å². The Morgan fingerprint density at radius 3 is 2.72 bits per heavy atom. The van der Waals surface area contributed by atoms with E-state index in [-0.39, 0.29) is 9.92 Å². The van der Waals surface area contributed by atoms with Crippen LogP contribution in [0.5, 0.6) is 0 Å². The molecule has 0 radical (unpaired) electrons. The number of nitrogens with zero attached hydrogens (tertiary/aromatic N) is 3. The number of nitrogens with one attached hydrogen (secondary N) is 1. The van der Waals surface area contributed by atoms with Crippen molar-refractivity contribution in [3.63, 3.8) is 0 Å². The normalized spacial score (nSPS) is 11.8. The number of para-hydroxylation sites is 1. The van der Waals surface area contributed by atoms with Gasteiger partial charge in [-0.3, -0.25) is 4.98 Å². The summed E-state index contributed by atoms with van der Waals surface area (Å²) in [5, 5.41) is 10.1. The zero-order valence-electron chi connectivity index (χ0n) is 9.11. The van der Waals surface area contributed by atoms with Crippen molar-refractivity contribution in [1.29, 1.82) is 0 Å². The third-order valence-electron chi connectivity index (χ3n) is 2.55. The van der Waals surface area contributed by atoms with E-state index in [4.69, 9.17) is 0 Å². The van der Waals surface area contributed by atoms with Gasteiger partial charge in [0.25, 0.3) is 0 Å². The number of H-pyrrole nitrogens is 1. The van der Waals surface area contributed by atoms with Crippen LogP contribution in [-0.2, 0) is 9.84 Å². The van der Waals surface area contributed by atoms with Gasteiger partial charge in [-0.2, -0.15) is 10.3 Å². The molecule has 2 aromatic heterocycles. The Balaban J connectivity index is 2.34. The summed E-state index contributed by atoms with van der Waals surface area (Å²) >= 11 is 0. The number of fused-ring (bicyclic) bond motifs is 1. The quantitative estimate of drug-likeness (QED) is 0.747. The highest BCUT2D eigenvalue weighted by atomic mass is 32.2. The molecule has 0 aliphatic rings. The fraction of sp³-hybridized carbons (Fsp3) is 0. The molecule has 1 aromatic carbocycles. The van der Waals surface area contributed by atoms with E-state index in [0.29, 0.717) is 5.52 Å². The molecule has 3 aromatic rings. The summed E-state index contributed by atoms with van der Waals surface area (Å²) < 4.78 is 24.7. The van der Waals surface area contributed by atoms with Crippen molar-refractivity contribution < 1.29 is 8.42 Å². The van der Waals surface area contributed by atoms with Crippen LogP contribution in [0.3, 0.4) is 0 Å². The van der Waals surface area contributed by atoms with E-state index in [9.17, 15) is 8.42 Å². The first-order valence-electron chi connectivity index (χ1n) is 5.14. The number of rotatable bonds is 2. The van der Waals surface area contributed by atoms with Crippen LogP contribution in [0, 0.1) is 0 Å². The largest absolute Gasteiger partial charge is 0.255 e. The van der Waals surface area contributed by atoms with E-state index in [1.54, 1.807) is 18.3 Å². The SMILES string of the molecule is O=S(=O)(c1cn[nH]n1)c1cccc2cccnc12. The minimum atomic E-state index is -3.69. The molecule has 90 valence electrons. The maximum atomic E-state index is 12.3. The Labute approximate surface area is 103 Å². The monoisotopic (exact) mass is 260 g/mol. The van der Waals surface area contributed by atoms with Crippen LogP contribution in [0.4, 0.5) is 0 Å². The Bertz CT molecular complexity index is 792. The molecule has 2 heterocycles. The van der Waals surface area contributed by atoms with Gasteiger partial charge in [-0.15, -0.1) is 5.10 Å². The summed E-state index contributed by atoms with van der Waals surface area (Å²) in [6.45, 7) is 0. The Kier molecular flexibility index (Phi) is 2.34. The van der Waals surface area contributed by atoms with E-state index >= 15 is 0 Å². The first-order valence-corrected chi connectivity index (χ1v) is 6.62. The second kappa shape index (κ2) is 3.88. The predicted molar refractivity (Wildman–Crippen MR) is 63.6 cm³/mol. The van der Waals surface area contributed by atoms with Crippen molar-refractivity contribution in [3.05, 3.63) is 42.7 Å². The number of aromatic amines is 1. The fourth-order valence-electron chi connectivity index (χ4n) is 1.73. The number of aromatic nitrogens is 4. The topological polar surface area (TPSA) is 88.6 Å². The molecule has 7 heteroatoms. The van der Waals surface area contributed by atoms with E-state index in [1.807, 2.05) is 12.1 Å². The van der Waals surface area contributed by atoms with Gasteiger partial charge >= 0.3 is 0 Å². The molecule has 0 unspecified atom stereocenters. The molecule has 1 N–H and O–H groups in total. The zero-order valence-corrected chi connectivity index (χ0v) is 9.92. The average Bonchev–Trinajstić information content (AvgIpc) is 2.92. The molecule has 0 saturated carbocycles. The van der Waals surface area contributed by atoms with Crippen LogP contribution in [0.2, 0.25) is 0 Å². The number of sulfone groups is 1. The number of hydrogen-bond donors (Lipinski definition) is 1. The summed E-state index contributed by atoms with van der Waals surface area (Å²) in [5.74, 6) is 0. The van der Waals surface area contributed by atoms with Crippen LogP contribution >= 0.6 is 0 Å². The van der Waals surface area contributed by atoms with Gasteiger partial charge in [-0.25, -0.2) is 8.42 Å². The minimum Gasteiger partial charge on any atom is -0.255 e. The zero-order chi connectivity index (χ0) is 12.6. The predicted octanol–water partition coefficient (Wildman–Crippen LogP) is 1.19. The second-order valence-electron chi connectivity index (χ2n) is 3.64. The molecular weight excluding hydrogens is 252 g/mol. The summed E-state index contributed by atoms with van der Waals surface area (Å²) in [5.41, 5.74) is 0.433. The van der Waals surface area contributed by atoms with E-state index in [2.05, 4.69) is 20.4 Å². The van der Waals surface area contributed by atoms with Crippen LogP contribution in [0.25, 0.3) is 10.9 Å². The van der Waals surface area contributed by atoms with Crippen molar-refractivity contribution in [3.8, 4) is 0 Å². The molecule has 3 rings (SSSR count). The van der Waals surface area contributed by atoms with Crippen molar-refractivity contribution in [1.82, 2.24) is 20.4 Å². The lowest BCUT2D eigenvalue weighted by atomic mass is 10.2. The highest BCUT2D eigenvalue weighted by Crippen LogP contribution is 2.25. The van der Waals surface area contributed by atoms with Gasteiger partial charge in [0.05, 0.1) is 16.6 Å². The number of benzene rings is 1. The van der Waals surface area contributed by atoms with Crippen molar-refractivity contribution >= 4 is 20.7 Å². The van der Waals surface area contributed by atoms with Crippen LogP contribution < -0.4 is 0 Å². The minimum absolute atomic E-state index is 0.111. The van der Waals surface area contributed by atoms with Crippen LogP contribution in [0.1, 0.15) is 0 Å². The molecule has 18 heavy (non-hydrogen) atoms. The number of hydrogen-bond acceptors (Lipinski definition) is 5. The van der Waals surface area contributed by atoms with Gasteiger partial charge in [0.2, 0.25) is 14.9 Å². The summed E-state index contributed by atoms with van der Waals surface area (Å²) in [4.78, 5) is 4.25. The molecular formula is C11H8N4O2S. The summed E-state index contributed by atoms with van der Waals surface area (Å²) in [6, 6.07) is 8.57. The van der Waals surface area contributed by atoms with Gasteiger partial charge in [0.15, 0.2) is 0 Å². The molecule has 0 aliphatic heterocycles. The van der Waals surface area contributed by atoms with Crippen molar-refractivity contribution in [2.24, 2.45) is 0 Å². The standard InChI is InChI=1S/C11H8N4O2S/c16-18(17,10-7-13-15-14-10)9-5-1-3-8-4-2-6-12-11(8)9/h1-7H,(H,13,14,15). The van der Waals surface area contributed by atoms with Gasteiger partial charge in [0, 0.05) is 11.6 Å². The van der Waals surface area contributed by atoms with Gasteiger partial charge in [-0.05, 0) is 12.1 Å². The van der Waals surface area contributed by atoms with Crippen LogP contribution in [0.15, 0.2) is 52.6 Å². The van der Waals surface area contributed by atoms with E-state index in [0.717, 1.165) is 5.39 Å². The first-order chi connectivity index (χ1) is 8.69.